The largest absolute Gasteiger partial charge is 0.383 e. The number of likely N-dealkylation sites (tertiary alicyclic amines) is 1. The lowest BCUT2D eigenvalue weighted by atomic mass is 10.2. The number of carbonyl (C=O) groups excluding carboxylic acids is 1. The fourth-order valence-corrected chi connectivity index (χ4v) is 4.02. The molecule has 1 fully saturated rings. The van der Waals surface area contributed by atoms with Crippen LogP contribution in [-0.4, -0.2) is 46.5 Å². The molecule has 1 aliphatic rings. The molecule has 1 aromatic heterocycles. The lowest BCUT2D eigenvalue weighted by molar-refractivity contribution is -0.119. The number of carbonyl (C=O) groups is 1. The van der Waals surface area contributed by atoms with E-state index in [1.165, 1.54) is 22.3 Å². The van der Waals surface area contributed by atoms with E-state index >= 15 is 0 Å². The number of amides is 1. The van der Waals surface area contributed by atoms with Crippen molar-refractivity contribution in [2.75, 3.05) is 36.8 Å². The van der Waals surface area contributed by atoms with Crippen LogP contribution in [0.2, 0.25) is 0 Å². The standard InChI is InChI=1S/C23H33N5O3/c1-17(2)14-27(19(29)16-26-12-8-3-4-9-13-26)20-21(24)28(23(31)25-22(20)30)15-18-10-6-5-7-11-18/h5-7,10-11,17H,3-4,8-9,12-16,24H2,1-2H3,(H,25,30,31). The van der Waals surface area contributed by atoms with Gasteiger partial charge >= 0.3 is 5.69 Å². The van der Waals surface area contributed by atoms with E-state index in [2.05, 4.69) is 9.88 Å². The van der Waals surface area contributed by atoms with Crippen LogP contribution >= 0.6 is 0 Å². The van der Waals surface area contributed by atoms with Gasteiger partial charge < -0.3 is 10.6 Å². The van der Waals surface area contributed by atoms with Gasteiger partial charge in [0.2, 0.25) is 5.91 Å². The summed E-state index contributed by atoms with van der Waals surface area (Å²) in [5.41, 5.74) is 6.06. The van der Waals surface area contributed by atoms with Crippen molar-refractivity contribution in [1.82, 2.24) is 14.5 Å². The molecule has 1 amide bonds. The minimum absolute atomic E-state index is 0.0162. The van der Waals surface area contributed by atoms with Crippen molar-refractivity contribution in [2.24, 2.45) is 5.92 Å². The predicted molar refractivity (Wildman–Crippen MR) is 123 cm³/mol. The molecule has 0 bridgehead atoms. The number of nitrogens with zero attached hydrogens (tertiary/aromatic N) is 3. The Hall–Kier alpha value is -2.87. The number of aromatic nitrogens is 2. The van der Waals surface area contributed by atoms with Crippen molar-refractivity contribution in [1.29, 1.82) is 0 Å². The quantitative estimate of drug-likeness (QED) is 0.704. The summed E-state index contributed by atoms with van der Waals surface area (Å²) in [5.74, 6) is -0.0263. The number of hydrogen-bond acceptors (Lipinski definition) is 5. The minimum atomic E-state index is -0.628. The third kappa shape index (κ3) is 5.85. The van der Waals surface area contributed by atoms with Crippen LogP contribution in [0.3, 0.4) is 0 Å². The van der Waals surface area contributed by atoms with Gasteiger partial charge in [-0.25, -0.2) is 4.79 Å². The van der Waals surface area contributed by atoms with Crippen molar-refractivity contribution in [2.45, 2.75) is 46.1 Å². The molecule has 1 aliphatic heterocycles. The highest BCUT2D eigenvalue weighted by Crippen LogP contribution is 2.20. The van der Waals surface area contributed by atoms with Gasteiger partial charge in [0.1, 0.15) is 5.82 Å². The molecule has 3 rings (SSSR count). The number of H-pyrrole nitrogens is 1. The number of anilines is 2. The van der Waals surface area contributed by atoms with E-state index in [1.54, 1.807) is 0 Å². The molecule has 1 aromatic carbocycles. The number of rotatable bonds is 7. The van der Waals surface area contributed by atoms with Gasteiger partial charge in [0, 0.05) is 6.54 Å². The van der Waals surface area contributed by atoms with Gasteiger partial charge in [0.15, 0.2) is 5.69 Å². The highest BCUT2D eigenvalue weighted by atomic mass is 16.2. The van der Waals surface area contributed by atoms with Crippen molar-refractivity contribution < 1.29 is 4.79 Å². The zero-order valence-electron chi connectivity index (χ0n) is 18.5. The summed E-state index contributed by atoms with van der Waals surface area (Å²) < 4.78 is 1.32. The SMILES string of the molecule is CC(C)CN(C(=O)CN1CCCCCC1)c1c(N)n(Cc2ccccc2)c(=O)[nH]c1=O. The Kier molecular flexibility index (Phi) is 7.68. The maximum atomic E-state index is 13.3. The predicted octanol–water partition coefficient (Wildman–Crippen LogP) is 2.03. The van der Waals surface area contributed by atoms with E-state index in [1.807, 2.05) is 44.2 Å². The highest BCUT2D eigenvalue weighted by Gasteiger charge is 2.26. The Morgan fingerprint density at radius 2 is 1.74 bits per heavy atom. The maximum absolute atomic E-state index is 13.3. The summed E-state index contributed by atoms with van der Waals surface area (Å²) in [6.07, 6.45) is 4.50. The number of nitrogens with one attached hydrogen (secondary N) is 1. The van der Waals surface area contributed by atoms with Crippen LogP contribution in [-0.2, 0) is 11.3 Å². The minimum Gasteiger partial charge on any atom is -0.383 e. The van der Waals surface area contributed by atoms with E-state index in [0.29, 0.717) is 6.54 Å². The molecule has 0 aliphatic carbocycles. The Balaban J connectivity index is 1.96. The third-order valence-electron chi connectivity index (χ3n) is 5.57. The summed E-state index contributed by atoms with van der Waals surface area (Å²) in [5, 5.41) is 0. The van der Waals surface area contributed by atoms with E-state index < -0.39 is 11.2 Å². The van der Waals surface area contributed by atoms with Gasteiger partial charge in [-0.2, -0.15) is 0 Å². The molecule has 2 aromatic rings. The van der Waals surface area contributed by atoms with Crippen LogP contribution in [0.5, 0.6) is 0 Å². The lowest BCUT2D eigenvalue weighted by Gasteiger charge is -2.29. The van der Waals surface area contributed by atoms with Crippen molar-refractivity contribution in [3.8, 4) is 0 Å². The molecule has 8 nitrogen and oxygen atoms in total. The Morgan fingerprint density at radius 1 is 1.10 bits per heavy atom. The molecular formula is C23H33N5O3. The molecule has 3 N–H and O–H groups in total. The zero-order valence-corrected chi connectivity index (χ0v) is 18.5. The summed E-state index contributed by atoms with van der Waals surface area (Å²) in [6.45, 7) is 6.52. The number of aromatic amines is 1. The molecule has 168 valence electrons. The van der Waals surface area contributed by atoms with Gasteiger partial charge in [-0.05, 0) is 37.4 Å². The second-order valence-electron chi connectivity index (χ2n) is 8.65. The second kappa shape index (κ2) is 10.4. The fourth-order valence-electron chi connectivity index (χ4n) is 4.02. The first-order chi connectivity index (χ1) is 14.9. The van der Waals surface area contributed by atoms with Crippen molar-refractivity contribution in [3.63, 3.8) is 0 Å². The van der Waals surface area contributed by atoms with Crippen LogP contribution in [0.15, 0.2) is 39.9 Å². The van der Waals surface area contributed by atoms with Crippen LogP contribution in [0.4, 0.5) is 11.5 Å². The lowest BCUT2D eigenvalue weighted by Crippen LogP contribution is -2.46. The Labute approximate surface area is 182 Å². The molecule has 0 saturated carbocycles. The summed E-state index contributed by atoms with van der Waals surface area (Å²) in [7, 11) is 0. The van der Waals surface area contributed by atoms with Gasteiger partial charge in [-0.1, -0.05) is 57.0 Å². The molecule has 0 unspecified atom stereocenters. The van der Waals surface area contributed by atoms with E-state index in [9.17, 15) is 14.4 Å². The highest BCUT2D eigenvalue weighted by molar-refractivity contribution is 5.96. The Bertz CT molecular complexity index is 989. The zero-order chi connectivity index (χ0) is 22.4. The third-order valence-corrected chi connectivity index (χ3v) is 5.57. The fraction of sp³-hybridized carbons (Fsp3) is 0.522. The van der Waals surface area contributed by atoms with Gasteiger partial charge in [0.05, 0.1) is 13.1 Å². The molecule has 0 radical (unpaired) electrons. The average Bonchev–Trinajstić information content (AvgIpc) is 2.99. The first-order valence-electron chi connectivity index (χ1n) is 11.1. The van der Waals surface area contributed by atoms with Crippen LogP contribution in [0.25, 0.3) is 0 Å². The van der Waals surface area contributed by atoms with Gasteiger partial charge in [-0.15, -0.1) is 0 Å². The van der Waals surface area contributed by atoms with E-state index in [4.69, 9.17) is 5.73 Å². The topological polar surface area (TPSA) is 104 Å². The Morgan fingerprint density at radius 3 is 2.35 bits per heavy atom. The summed E-state index contributed by atoms with van der Waals surface area (Å²) in [6, 6.07) is 9.40. The maximum Gasteiger partial charge on any atom is 0.330 e. The first kappa shape index (κ1) is 22.8. The summed E-state index contributed by atoms with van der Waals surface area (Å²) in [4.78, 5) is 44.6. The molecule has 0 atom stereocenters. The second-order valence-corrected chi connectivity index (χ2v) is 8.65. The summed E-state index contributed by atoms with van der Waals surface area (Å²) >= 11 is 0. The number of benzene rings is 1. The molecule has 2 heterocycles. The molecule has 0 spiro atoms. The molecule has 1 saturated heterocycles. The van der Waals surface area contributed by atoms with Crippen LogP contribution in [0, 0.1) is 5.92 Å². The molecule has 8 heteroatoms. The van der Waals surface area contributed by atoms with Crippen molar-refractivity contribution >= 4 is 17.4 Å². The average molecular weight is 428 g/mol. The smallest absolute Gasteiger partial charge is 0.330 e. The van der Waals surface area contributed by atoms with Gasteiger partial charge in [0.25, 0.3) is 5.56 Å². The first-order valence-corrected chi connectivity index (χ1v) is 11.1. The number of nitrogens with two attached hydrogens (primary N) is 1. The van der Waals surface area contributed by atoms with Crippen LogP contribution < -0.4 is 21.9 Å². The molecular weight excluding hydrogens is 394 g/mol. The van der Waals surface area contributed by atoms with Crippen LogP contribution in [0.1, 0.15) is 45.1 Å². The molecule has 31 heavy (non-hydrogen) atoms. The monoisotopic (exact) mass is 427 g/mol. The van der Waals surface area contributed by atoms with Gasteiger partial charge in [-0.3, -0.25) is 24.0 Å². The van der Waals surface area contributed by atoms with Crippen molar-refractivity contribution in [3.05, 3.63) is 56.7 Å². The normalized spacial score (nSPS) is 15.1. The number of nitrogen functional groups attached to an aromatic ring is 1. The van der Waals surface area contributed by atoms with E-state index in [-0.39, 0.29) is 36.4 Å². The van der Waals surface area contributed by atoms with E-state index in [0.717, 1.165) is 31.5 Å². The number of hydrogen-bond donors (Lipinski definition) is 2.